The van der Waals surface area contributed by atoms with Crippen LogP contribution in [0.5, 0.6) is 5.75 Å². The van der Waals surface area contributed by atoms with E-state index in [-0.39, 0.29) is 5.91 Å². The van der Waals surface area contributed by atoms with Gasteiger partial charge in [-0.2, -0.15) is 5.10 Å². The standard InChI is InChI=1S/C16H20N2O3/c1-10-9-11(2)18(17-10)16(20)12(3)15(19)13-5-7-14(21-4)8-6-13/h5-9,12,15,19H,1-4H3/t12-,15-/m0/s1. The molecule has 0 radical (unpaired) electrons. The van der Waals surface area contributed by atoms with E-state index in [4.69, 9.17) is 4.74 Å². The molecular formula is C16H20N2O3. The van der Waals surface area contributed by atoms with Gasteiger partial charge in [0.25, 0.3) is 5.91 Å². The maximum atomic E-state index is 12.4. The second-order valence-corrected chi connectivity index (χ2v) is 5.18. The Morgan fingerprint density at radius 1 is 1.29 bits per heavy atom. The van der Waals surface area contributed by atoms with Crippen molar-refractivity contribution >= 4 is 5.91 Å². The van der Waals surface area contributed by atoms with Gasteiger partial charge < -0.3 is 9.84 Å². The number of carbonyl (C=O) groups is 1. The molecule has 2 atom stereocenters. The van der Waals surface area contributed by atoms with Crippen LogP contribution in [0.2, 0.25) is 0 Å². The van der Waals surface area contributed by atoms with Crippen molar-refractivity contribution in [3.8, 4) is 5.75 Å². The lowest BCUT2D eigenvalue weighted by Gasteiger charge is -2.18. The predicted octanol–water partition coefficient (Wildman–Crippen LogP) is 2.52. The SMILES string of the molecule is COc1ccc([C@@H](O)[C@H](C)C(=O)n2nc(C)cc2C)cc1. The van der Waals surface area contributed by atoms with Crippen LogP contribution in [0.25, 0.3) is 0 Å². The highest BCUT2D eigenvalue weighted by Gasteiger charge is 2.26. The lowest BCUT2D eigenvalue weighted by molar-refractivity contribution is 0.0610. The van der Waals surface area contributed by atoms with Crippen LogP contribution < -0.4 is 4.74 Å². The highest BCUT2D eigenvalue weighted by Crippen LogP contribution is 2.25. The minimum Gasteiger partial charge on any atom is -0.497 e. The molecule has 2 aromatic rings. The van der Waals surface area contributed by atoms with Crippen LogP contribution in [0.1, 0.15) is 34.8 Å². The van der Waals surface area contributed by atoms with Crippen molar-refractivity contribution in [3.05, 3.63) is 47.3 Å². The number of nitrogens with zero attached hydrogens (tertiary/aromatic N) is 2. The summed E-state index contributed by atoms with van der Waals surface area (Å²) >= 11 is 0. The molecule has 0 bridgehead atoms. The second-order valence-electron chi connectivity index (χ2n) is 5.18. The average Bonchev–Trinajstić information content (AvgIpc) is 2.83. The number of hydrogen-bond donors (Lipinski definition) is 1. The summed E-state index contributed by atoms with van der Waals surface area (Å²) in [5, 5.41) is 14.5. The number of ether oxygens (including phenoxy) is 1. The average molecular weight is 288 g/mol. The maximum Gasteiger partial charge on any atom is 0.252 e. The van der Waals surface area contributed by atoms with Crippen LogP contribution in [0, 0.1) is 19.8 Å². The first-order valence-corrected chi connectivity index (χ1v) is 6.83. The van der Waals surface area contributed by atoms with E-state index in [1.54, 1.807) is 38.3 Å². The number of aromatic nitrogens is 2. The van der Waals surface area contributed by atoms with Gasteiger partial charge in [-0.1, -0.05) is 19.1 Å². The van der Waals surface area contributed by atoms with Crippen molar-refractivity contribution in [2.75, 3.05) is 7.11 Å². The van der Waals surface area contributed by atoms with E-state index < -0.39 is 12.0 Å². The highest BCUT2D eigenvalue weighted by molar-refractivity contribution is 5.81. The van der Waals surface area contributed by atoms with Crippen LogP contribution in [0.15, 0.2) is 30.3 Å². The molecule has 1 aromatic heterocycles. The Bertz CT molecular complexity index is 631. The molecule has 0 aliphatic heterocycles. The number of aliphatic hydroxyl groups excluding tert-OH is 1. The Morgan fingerprint density at radius 2 is 1.90 bits per heavy atom. The molecule has 1 N–H and O–H groups in total. The Hall–Kier alpha value is -2.14. The molecule has 5 nitrogen and oxygen atoms in total. The molecule has 0 spiro atoms. The lowest BCUT2D eigenvalue weighted by Crippen LogP contribution is -2.26. The van der Waals surface area contributed by atoms with Crippen LogP contribution in [-0.2, 0) is 0 Å². The van der Waals surface area contributed by atoms with E-state index in [2.05, 4.69) is 5.10 Å². The molecule has 0 saturated heterocycles. The summed E-state index contributed by atoms with van der Waals surface area (Å²) in [4.78, 5) is 12.4. The zero-order chi connectivity index (χ0) is 15.6. The second kappa shape index (κ2) is 6.10. The Balaban J connectivity index is 2.19. The van der Waals surface area contributed by atoms with Crippen molar-refractivity contribution in [1.82, 2.24) is 9.78 Å². The molecular weight excluding hydrogens is 268 g/mol. The molecule has 2 rings (SSSR count). The molecule has 0 fully saturated rings. The van der Waals surface area contributed by atoms with E-state index in [1.807, 2.05) is 19.9 Å². The summed E-state index contributed by atoms with van der Waals surface area (Å²) in [5.41, 5.74) is 2.23. The Kier molecular flexibility index (Phi) is 4.43. The molecule has 1 aromatic carbocycles. The molecule has 0 saturated carbocycles. The van der Waals surface area contributed by atoms with Gasteiger partial charge in [-0.15, -0.1) is 0 Å². The minimum absolute atomic E-state index is 0.219. The molecule has 1 heterocycles. The summed E-state index contributed by atoms with van der Waals surface area (Å²) in [6, 6.07) is 8.88. The predicted molar refractivity (Wildman–Crippen MR) is 79.4 cm³/mol. The van der Waals surface area contributed by atoms with Gasteiger partial charge in [-0.3, -0.25) is 4.79 Å². The van der Waals surface area contributed by atoms with Crippen molar-refractivity contribution in [1.29, 1.82) is 0 Å². The van der Waals surface area contributed by atoms with Gasteiger partial charge in [0.1, 0.15) is 5.75 Å². The quantitative estimate of drug-likeness (QED) is 0.939. The van der Waals surface area contributed by atoms with Gasteiger partial charge in [-0.05, 0) is 37.6 Å². The highest BCUT2D eigenvalue weighted by atomic mass is 16.5. The third kappa shape index (κ3) is 3.13. The van der Waals surface area contributed by atoms with Crippen molar-refractivity contribution in [3.63, 3.8) is 0 Å². The van der Waals surface area contributed by atoms with E-state index in [9.17, 15) is 9.90 Å². The number of aryl methyl sites for hydroxylation is 2. The van der Waals surface area contributed by atoms with Crippen LogP contribution in [-0.4, -0.2) is 27.9 Å². The molecule has 0 amide bonds. The van der Waals surface area contributed by atoms with Crippen LogP contribution >= 0.6 is 0 Å². The molecule has 0 unspecified atom stereocenters. The normalized spacial score (nSPS) is 13.8. The molecule has 0 aliphatic carbocycles. The van der Waals surface area contributed by atoms with Gasteiger partial charge in [0.15, 0.2) is 0 Å². The molecule has 112 valence electrons. The first-order valence-electron chi connectivity index (χ1n) is 6.83. The fraction of sp³-hybridized carbons (Fsp3) is 0.375. The van der Waals surface area contributed by atoms with Gasteiger partial charge >= 0.3 is 0 Å². The number of methoxy groups -OCH3 is 1. The van der Waals surface area contributed by atoms with Crippen molar-refractivity contribution in [2.45, 2.75) is 26.9 Å². The van der Waals surface area contributed by atoms with Gasteiger partial charge in [0.05, 0.1) is 24.8 Å². The smallest absolute Gasteiger partial charge is 0.252 e. The van der Waals surface area contributed by atoms with Crippen LogP contribution in [0.3, 0.4) is 0 Å². The zero-order valence-corrected chi connectivity index (χ0v) is 12.7. The molecule has 21 heavy (non-hydrogen) atoms. The molecule has 5 heteroatoms. The third-order valence-corrected chi connectivity index (χ3v) is 3.54. The number of carbonyl (C=O) groups excluding carboxylic acids is 1. The topological polar surface area (TPSA) is 64.3 Å². The summed E-state index contributed by atoms with van der Waals surface area (Å²) in [6.07, 6.45) is -0.882. The number of rotatable bonds is 4. The van der Waals surface area contributed by atoms with E-state index in [0.717, 1.165) is 11.4 Å². The zero-order valence-electron chi connectivity index (χ0n) is 12.7. The first-order chi connectivity index (χ1) is 9.93. The van der Waals surface area contributed by atoms with Crippen LogP contribution in [0.4, 0.5) is 0 Å². The van der Waals surface area contributed by atoms with Gasteiger partial charge in [0, 0.05) is 5.69 Å². The summed E-state index contributed by atoms with van der Waals surface area (Å²) in [7, 11) is 1.58. The maximum absolute atomic E-state index is 12.4. The molecule has 0 aliphatic rings. The van der Waals surface area contributed by atoms with E-state index >= 15 is 0 Å². The Labute approximate surface area is 124 Å². The van der Waals surface area contributed by atoms with Crippen molar-refractivity contribution in [2.24, 2.45) is 5.92 Å². The number of benzene rings is 1. The largest absolute Gasteiger partial charge is 0.497 e. The number of hydrogen-bond acceptors (Lipinski definition) is 4. The minimum atomic E-state index is -0.882. The summed E-state index contributed by atoms with van der Waals surface area (Å²) in [6.45, 7) is 5.36. The Morgan fingerprint density at radius 3 is 2.38 bits per heavy atom. The van der Waals surface area contributed by atoms with Crippen molar-refractivity contribution < 1.29 is 14.6 Å². The first kappa shape index (κ1) is 15.3. The van der Waals surface area contributed by atoms with Gasteiger partial charge in [-0.25, -0.2) is 4.68 Å². The third-order valence-electron chi connectivity index (χ3n) is 3.54. The van der Waals surface area contributed by atoms with E-state index in [0.29, 0.717) is 11.3 Å². The lowest BCUT2D eigenvalue weighted by atomic mass is 9.96. The monoisotopic (exact) mass is 288 g/mol. The summed E-state index contributed by atoms with van der Waals surface area (Å²) < 4.78 is 6.44. The fourth-order valence-corrected chi connectivity index (χ4v) is 2.27. The van der Waals surface area contributed by atoms with E-state index in [1.165, 1.54) is 4.68 Å². The van der Waals surface area contributed by atoms with Gasteiger partial charge in [0.2, 0.25) is 0 Å². The summed E-state index contributed by atoms with van der Waals surface area (Å²) in [5.74, 6) is -0.0937. The fourth-order valence-electron chi connectivity index (χ4n) is 2.27. The number of aliphatic hydroxyl groups is 1.